The molecule has 0 saturated heterocycles. The molecule has 0 heterocycles. The minimum absolute atomic E-state index is 0.661. The van der Waals surface area contributed by atoms with Crippen molar-refractivity contribution in [3.63, 3.8) is 0 Å². The highest BCUT2D eigenvalue weighted by Crippen LogP contribution is 2.38. The van der Waals surface area contributed by atoms with Crippen molar-refractivity contribution in [3.8, 4) is 11.1 Å². The monoisotopic (exact) mass is 300 g/mol. The Kier molecular flexibility index (Phi) is 3.35. The Morgan fingerprint density at radius 3 is 2.00 bits per heavy atom. The molecule has 0 amide bonds. The van der Waals surface area contributed by atoms with Gasteiger partial charge in [0.05, 0.1) is 0 Å². The lowest BCUT2D eigenvalue weighted by molar-refractivity contribution is 1.58. The van der Waals surface area contributed by atoms with Gasteiger partial charge in [-0.1, -0.05) is 63.4 Å². The zero-order valence-electron chi connectivity index (χ0n) is 7.68. The van der Waals surface area contributed by atoms with E-state index in [9.17, 15) is 0 Å². The number of benzene rings is 2. The highest BCUT2D eigenvalue weighted by atomic mass is 79.9. The fourth-order valence-corrected chi connectivity index (χ4v) is 2.50. The van der Waals surface area contributed by atoms with Crippen molar-refractivity contribution < 1.29 is 0 Å². The van der Waals surface area contributed by atoms with Crippen molar-refractivity contribution in [2.75, 3.05) is 0 Å². The van der Waals surface area contributed by atoms with Crippen LogP contribution < -0.4 is 0 Å². The summed E-state index contributed by atoms with van der Waals surface area (Å²) >= 11 is 15.7. The molecular formula is C12H7BrCl2. The van der Waals surface area contributed by atoms with E-state index in [0.29, 0.717) is 10.0 Å². The molecule has 2 rings (SSSR count). The van der Waals surface area contributed by atoms with Crippen LogP contribution >= 0.6 is 39.1 Å². The predicted molar refractivity (Wildman–Crippen MR) is 69.6 cm³/mol. The molecule has 3 heteroatoms. The van der Waals surface area contributed by atoms with Gasteiger partial charge >= 0.3 is 0 Å². The van der Waals surface area contributed by atoms with E-state index in [1.807, 2.05) is 42.5 Å². The second-order valence-electron chi connectivity index (χ2n) is 3.08. The summed E-state index contributed by atoms with van der Waals surface area (Å²) in [6, 6.07) is 13.4. The second-order valence-corrected chi connectivity index (χ2v) is 4.75. The molecule has 0 fully saturated rings. The molecule has 0 radical (unpaired) electrons. The Balaban J connectivity index is 2.69. The third kappa shape index (κ3) is 2.20. The molecule has 2 aromatic carbocycles. The third-order valence-electron chi connectivity index (χ3n) is 2.11. The summed E-state index contributed by atoms with van der Waals surface area (Å²) < 4.78 is 0.986. The summed E-state index contributed by atoms with van der Waals surface area (Å²) in [5, 5.41) is 1.32. The van der Waals surface area contributed by atoms with Crippen LogP contribution in [0, 0.1) is 0 Å². The Hall–Kier alpha value is -0.500. The van der Waals surface area contributed by atoms with Gasteiger partial charge in [0.25, 0.3) is 0 Å². The van der Waals surface area contributed by atoms with Crippen molar-refractivity contribution in [1.82, 2.24) is 0 Å². The lowest BCUT2D eigenvalue weighted by atomic mass is 10.1. The summed E-state index contributed by atoms with van der Waals surface area (Å²) in [6.45, 7) is 0. The first-order chi connectivity index (χ1) is 7.20. The van der Waals surface area contributed by atoms with Crippen LogP contribution in [0.3, 0.4) is 0 Å². The largest absolute Gasteiger partial charge is 0.0836 e. The van der Waals surface area contributed by atoms with E-state index in [1.54, 1.807) is 0 Å². The zero-order valence-corrected chi connectivity index (χ0v) is 10.8. The van der Waals surface area contributed by atoms with Crippen LogP contribution in [0.5, 0.6) is 0 Å². The van der Waals surface area contributed by atoms with Gasteiger partial charge in [0.15, 0.2) is 0 Å². The van der Waals surface area contributed by atoms with Crippen LogP contribution in [0.2, 0.25) is 10.0 Å². The van der Waals surface area contributed by atoms with Crippen molar-refractivity contribution >= 4 is 39.1 Å². The molecule has 0 aliphatic rings. The molecule has 15 heavy (non-hydrogen) atoms. The van der Waals surface area contributed by atoms with E-state index in [0.717, 1.165) is 15.6 Å². The quantitative estimate of drug-likeness (QED) is 0.659. The minimum atomic E-state index is 0.661. The molecule has 0 unspecified atom stereocenters. The van der Waals surface area contributed by atoms with E-state index >= 15 is 0 Å². The molecule has 76 valence electrons. The Labute approximate surface area is 107 Å². The summed E-state index contributed by atoms with van der Waals surface area (Å²) in [7, 11) is 0. The van der Waals surface area contributed by atoms with Crippen molar-refractivity contribution in [2.24, 2.45) is 0 Å². The first kappa shape index (κ1) is 11.0. The molecule has 0 aliphatic carbocycles. The van der Waals surface area contributed by atoms with Crippen molar-refractivity contribution in [3.05, 3.63) is 57.0 Å². The average Bonchev–Trinajstić information content (AvgIpc) is 2.20. The number of rotatable bonds is 1. The summed E-state index contributed by atoms with van der Waals surface area (Å²) in [6.07, 6.45) is 0. The van der Waals surface area contributed by atoms with Crippen LogP contribution in [-0.4, -0.2) is 0 Å². The average molecular weight is 302 g/mol. The smallest absolute Gasteiger partial charge is 0.0499 e. The SMILES string of the molecule is Clc1cccc(Cl)c1-c1ccccc1Br. The normalized spacial score (nSPS) is 10.3. The van der Waals surface area contributed by atoms with Crippen LogP contribution in [0.25, 0.3) is 11.1 Å². The second kappa shape index (κ2) is 4.56. The number of halogens is 3. The van der Waals surface area contributed by atoms with E-state index in [4.69, 9.17) is 23.2 Å². The zero-order chi connectivity index (χ0) is 10.8. The van der Waals surface area contributed by atoms with Gasteiger partial charge in [-0.3, -0.25) is 0 Å². The Morgan fingerprint density at radius 1 is 0.800 bits per heavy atom. The highest BCUT2D eigenvalue weighted by Gasteiger charge is 2.10. The van der Waals surface area contributed by atoms with E-state index in [1.165, 1.54) is 0 Å². The molecule has 0 aromatic heterocycles. The number of hydrogen-bond acceptors (Lipinski definition) is 0. The van der Waals surface area contributed by atoms with Gasteiger partial charge in [-0.2, -0.15) is 0 Å². The predicted octanol–water partition coefficient (Wildman–Crippen LogP) is 5.42. The summed E-state index contributed by atoms with van der Waals surface area (Å²) in [5.41, 5.74) is 1.88. The standard InChI is InChI=1S/C12H7BrCl2/c13-9-5-2-1-4-8(9)12-10(14)6-3-7-11(12)15/h1-7H. The number of hydrogen-bond donors (Lipinski definition) is 0. The lowest BCUT2D eigenvalue weighted by Crippen LogP contribution is -1.82. The molecular weight excluding hydrogens is 295 g/mol. The van der Waals surface area contributed by atoms with Gasteiger partial charge in [0, 0.05) is 20.1 Å². The summed E-state index contributed by atoms with van der Waals surface area (Å²) in [5.74, 6) is 0. The van der Waals surface area contributed by atoms with Crippen LogP contribution in [0.15, 0.2) is 46.9 Å². The van der Waals surface area contributed by atoms with Crippen molar-refractivity contribution in [2.45, 2.75) is 0 Å². The fourth-order valence-electron chi connectivity index (χ4n) is 1.42. The first-order valence-corrected chi connectivity index (χ1v) is 5.94. The minimum Gasteiger partial charge on any atom is -0.0836 e. The molecule has 0 spiro atoms. The topological polar surface area (TPSA) is 0 Å². The van der Waals surface area contributed by atoms with E-state index in [-0.39, 0.29) is 0 Å². The third-order valence-corrected chi connectivity index (χ3v) is 3.43. The molecule has 0 aliphatic heterocycles. The maximum Gasteiger partial charge on any atom is 0.0499 e. The van der Waals surface area contributed by atoms with E-state index in [2.05, 4.69) is 15.9 Å². The lowest BCUT2D eigenvalue weighted by Gasteiger charge is -2.08. The fraction of sp³-hybridized carbons (Fsp3) is 0. The molecule has 0 nitrogen and oxygen atoms in total. The van der Waals surface area contributed by atoms with Gasteiger partial charge < -0.3 is 0 Å². The molecule has 2 aromatic rings. The van der Waals surface area contributed by atoms with Gasteiger partial charge in [-0.25, -0.2) is 0 Å². The maximum absolute atomic E-state index is 6.13. The van der Waals surface area contributed by atoms with Crippen LogP contribution in [-0.2, 0) is 0 Å². The molecule has 0 N–H and O–H groups in total. The molecule has 0 atom stereocenters. The van der Waals surface area contributed by atoms with Gasteiger partial charge in [0.2, 0.25) is 0 Å². The van der Waals surface area contributed by atoms with Gasteiger partial charge in [-0.05, 0) is 23.8 Å². The van der Waals surface area contributed by atoms with Crippen molar-refractivity contribution in [1.29, 1.82) is 0 Å². The Bertz CT molecular complexity index is 474. The first-order valence-electron chi connectivity index (χ1n) is 4.39. The van der Waals surface area contributed by atoms with Crippen LogP contribution in [0.4, 0.5) is 0 Å². The highest BCUT2D eigenvalue weighted by molar-refractivity contribution is 9.10. The Morgan fingerprint density at radius 2 is 1.40 bits per heavy atom. The molecule has 0 saturated carbocycles. The van der Waals surface area contributed by atoms with Gasteiger partial charge in [-0.15, -0.1) is 0 Å². The van der Waals surface area contributed by atoms with Crippen LogP contribution in [0.1, 0.15) is 0 Å². The van der Waals surface area contributed by atoms with Gasteiger partial charge in [0.1, 0.15) is 0 Å². The molecule has 0 bridgehead atoms. The maximum atomic E-state index is 6.13. The summed E-state index contributed by atoms with van der Waals surface area (Å²) in [4.78, 5) is 0. The van der Waals surface area contributed by atoms with E-state index < -0.39 is 0 Å².